The number of hydrogen-bond donors (Lipinski definition) is 2. The van der Waals surface area contributed by atoms with Gasteiger partial charge >= 0.3 is 35.5 Å². The first kappa shape index (κ1) is 25.8. The van der Waals surface area contributed by atoms with E-state index in [0.717, 1.165) is 5.56 Å². The number of aliphatic carboxylic acids is 1. The Morgan fingerprint density at radius 1 is 1.17 bits per heavy atom. The standard InChI is InChI=1S/C23H21N5O4S2.Na.H/c29-17(12-15-6-2-1-3-7-15)26-18-20(30)27-13-23(22(31)32,14-33-21(18)27)34-16-8-4-9-24-19(16)28-11-5-10-25-28;;/h1-11,18,21H,12-14H2,(H,26,29)(H,31,32);;/t18?,21-,23?;;/m1../s1. The summed E-state index contributed by atoms with van der Waals surface area (Å²) in [5, 5.41) is 16.9. The summed E-state index contributed by atoms with van der Waals surface area (Å²) >= 11 is 2.56. The Bertz CT molecular complexity index is 1230. The summed E-state index contributed by atoms with van der Waals surface area (Å²) < 4.78 is 0.338. The molecule has 5 rings (SSSR count). The fourth-order valence-electron chi connectivity index (χ4n) is 4.03. The number of fused-ring (bicyclic) bond motifs is 1. The van der Waals surface area contributed by atoms with E-state index in [2.05, 4.69) is 15.4 Å². The van der Waals surface area contributed by atoms with Gasteiger partial charge in [0.25, 0.3) is 0 Å². The van der Waals surface area contributed by atoms with Gasteiger partial charge in [-0.05, 0) is 23.8 Å². The number of β-lactam (4-membered cyclic amide) rings is 1. The number of thioether (sulfide) groups is 2. The van der Waals surface area contributed by atoms with Gasteiger partial charge in [0.2, 0.25) is 11.8 Å². The Hall–Kier alpha value is -2.31. The van der Waals surface area contributed by atoms with Crippen molar-refractivity contribution < 1.29 is 19.5 Å². The maximum atomic E-state index is 12.9. The zero-order valence-electron chi connectivity index (χ0n) is 17.9. The number of amides is 2. The normalized spacial score (nSPS) is 23.0. The first-order valence-electron chi connectivity index (χ1n) is 10.6. The van der Waals surface area contributed by atoms with E-state index >= 15 is 0 Å². The topological polar surface area (TPSA) is 117 Å². The van der Waals surface area contributed by atoms with Crippen molar-refractivity contribution >= 4 is 70.9 Å². The van der Waals surface area contributed by atoms with Crippen LogP contribution in [0.15, 0.2) is 72.0 Å². The predicted molar refractivity (Wildman–Crippen MR) is 135 cm³/mol. The number of rotatable bonds is 7. The van der Waals surface area contributed by atoms with Crippen LogP contribution in [0.3, 0.4) is 0 Å². The molecule has 2 aromatic heterocycles. The van der Waals surface area contributed by atoms with E-state index in [9.17, 15) is 19.5 Å². The van der Waals surface area contributed by atoms with Crippen LogP contribution in [0.2, 0.25) is 0 Å². The number of nitrogens with zero attached hydrogens (tertiary/aromatic N) is 4. The predicted octanol–water partition coefficient (Wildman–Crippen LogP) is 1.18. The van der Waals surface area contributed by atoms with Crippen molar-refractivity contribution in [3.05, 3.63) is 72.7 Å². The van der Waals surface area contributed by atoms with E-state index in [-0.39, 0.29) is 65.5 Å². The van der Waals surface area contributed by atoms with Gasteiger partial charge in [-0.1, -0.05) is 30.3 Å². The molecule has 4 heterocycles. The minimum atomic E-state index is -1.25. The Morgan fingerprint density at radius 2 is 1.97 bits per heavy atom. The molecule has 2 N–H and O–H groups in total. The zero-order valence-corrected chi connectivity index (χ0v) is 19.5. The molecule has 176 valence electrons. The van der Waals surface area contributed by atoms with Crippen molar-refractivity contribution in [1.82, 2.24) is 25.0 Å². The number of nitrogens with one attached hydrogen (secondary N) is 1. The molecule has 0 saturated carbocycles. The van der Waals surface area contributed by atoms with Gasteiger partial charge in [-0.3, -0.25) is 14.4 Å². The number of aromatic nitrogens is 3. The molecule has 2 unspecified atom stereocenters. The van der Waals surface area contributed by atoms with Gasteiger partial charge < -0.3 is 15.3 Å². The molecule has 35 heavy (non-hydrogen) atoms. The van der Waals surface area contributed by atoms with Crippen molar-refractivity contribution in [2.24, 2.45) is 0 Å². The van der Waals surface area contributed by atoms with Gasteiger partial charge in [-0.2, -0.15) is 5.10 Å². The first-order valence-corrected chi connectivity index (χ1v) is 12.5. The van der Waals surface area contributed by atoms with E-state index in [0.29, 0.717) is 10.7 Å². The van der Waals surface area contributed by atoms with E-state index < -0.39 is 16.8 Å². The monoisotopic (exact) mass is 519 g/mol. The number of carbonyl (C=O) groups is 3. The molecule has 0 aliphatic carbocycles. The summed E-state index contributed by atoms with van der Waals surface area (Å²) in [6.45, 7) is 0.0436. The van der Waals surface area contributed by atoms with Crippen LogP contribution in [0, 0.1) is 0 Å². The second kappa shape index (κ2) is 10.8. The van der Waals surface area contributed by atoms with Crippen molar-refractivity contribution in [2.75, 3.05) is 12.3 Å². The van der Waals surface area contributed by atoms with Crippen molar-refractivity contribution in [3.63, 3.8) is 0 Å². The molecule has 2 amide bonds. The van der Waals surface area contributed by atoms with Gasteiger partial charge in [-0.25, -0.2) is 9.67 Å². The summed E-state index contributed by atoms with van der Waals surface area (Å²) in [5.41, 5.74) is 0.866. The fourth-order valence-corrected chi connectivity index (χ4v) is 6.96. The molecule has 0 spiro atoms. The van der Waals surface area contributed by atoms with Crippen LogP contribution in [0.1, 0.15) is 5.56 Å². The molecule has 2 saturated heterocycles. The molecule has 2 aliphatic rings. The number of benzene rings is 1. The quantitative estimate of drug-likeness (QED) is 0.353. The molecule has 9 nitrogen and oxygen atoms in total. The van der Waals surface area contributed by atoms with E-state index in [1.54, 1.807) is 46.4 Å². The third kappa shape index (κ3) is 5.14. The van der Waals surface area contributed by atoms with E-state index in [4.69, 9.17) is 0 Å². The van der Waals surface area contributed by atoms with E-state index in [1.807, 2.05) is 30.3 Å². The van der Waals surface area contributed by atoms with Crippen LogP contribution in [0.4, 0.5) is 0 Å². The molecule has 0 radical (unpaired) electrons. The zero-order chi connectivity index (χ0) is 23.7. The number of carbonyl (C=O) groups excluding carboxylic acids is 2. The van der Waals surface area contributed by atoms with Crippen LogP contribution >= 0.6 is 23.5 Å². The van der Waals surface area contributed by atoms with Crippen LogP contribution in [-0.4, -0.2) is 101 Å². The van der Waals surface area contributed by atoms with Crippen molar-refractivity contribution in [1.29, 1.82) is 0 Å². The Kier molecular flexibility index (Phi) is 7.92. The average molecular weight is 520 g/mol. The number of carboxylic acid groups (broad SMARTS) is 1. The molecule has 0 bridgehead atoms. The summed E-state index contributed by atoms with van der Waals surface area (Å²) in [6, 6.07) is 14.0. The molecule has 3 aromatic rings. The maximum absolute atomic E-state index is 12.9. The van der Waals surface area contributed by atoms with Crippen LogP contribution < -0.4 is 5.32 Å². The van der Waals surface area contributed by atoms with Gasteiger partial charge in [0, 0.05) is 30.9 Å². The number of carboxylic acids is 1. The molecule has 3 atom stereocenters. The number of hydrogen-bond acceptors (Lipinski definition) is 7. The molecule has 2 fully saturated rings. The third-order valence-corrected chi connectivity index (χ3v) is 8.83. The Morgan fingerprint density at radius 3 is 2.69 bits per heavy atom. The summed E-state index contributed by atoms with van der Waals surface area (Å²) in [4.78, 5) is 44.3. The van der Waals surface area contributed by atoms with Gasteiger partial charge in [0.05, 0.1) is 11.3 Å². The van der Waals surface area contributed by atoms with Gasteiger partial charge in [0.1, 0.15) is 16.2 Å². The summed E-state index contributed by atoms with van der Waals surface area (Å²) in [7, 11) is 0. The molecule has 1 aromatic carbocycles. The van der Waals surface area contributed by atoms with Crippen molar-refractivity contribution in [3.8, 4) is 5.82 Å². The molecule has 12 heteroatoms. The second-order valence-corrected chi connectivity index (χ2v) is 10.6. The Balaban J connectivity index is 0.00000289. The van der Waals surface area contributed by atoms with E-state index in [1.165, 1.54) is 23.5 Å². The summed E-state index contributed by atoms with van der Waals surface area (Å²) in [6.07, 6.45) is 5.19. The molecular formula is C23H22N5NaO4S2. The SMILES string of the molecule is O=C(Cc1ccccc1)NC1C(=O)N2CC(Sc3cccnc3-n3cccn3)(C(=O)O)CS[C@H]12.[NaH]. The minimum absolute atomic E-state index is 0. The molecule has 2 aliphatic heterocycles. The van der Waals surface area contributed by atoms with Crippen LogP contribution in [-0.2, 0) is 20.8 Å². The third-order valence-electron chi connectivity index (χ3n) is 5.75. The molecular weight excluding hydrogens is 497 g/mol. The van der Waals surface area contributed by atoms with Crippen LogP contribution in [0.5, 0.6) is 0 Å². The van der Waals surface area contributed by atoms with Crippen LogP contribution in [0.25, 0.3) is 5.82 Å². The van der Waals surface area contributed by atoms with Gasteiger partial charge in [-0.15, -0.1) is 23.5 Å². The average Bonchev–Trinajstić information content (AvgIpc) is 3.38. The second-order valence-electron chi connectivity index (χ2n) is 8.05. The first-order chi connectivity index (χ1) is 16.5. The summed E-state index contributed by atoms with van der Waals surface area (Å²) in [5.74, 6) is -0.675. The van der Waals surface area contributed by atoms with Crippen molar-refractivity contribution in [2.45, 2.75) is 27.5 Å². The van der Waals surface area contributed by atoms with Gasteiger partial charge in [0.15, 0.2) is 5.82 Å². The number of pyridine rings is 1. The fraction of sp³-hybridized carbons (Fsp3) is 0.261. The Labute approximate surface area is 232 Å².